The lowest BCUT2D eigenvalue weighted by Crippen LogP contribution is -2.14. The van der Waals surface area contributed by atoms with Gasteiger partial charge >= 0.3 is 0 Å². The van der Waals surface area contributed by atoms with Crippen molar-refractivity contribution in [2.24, 2.45) is 0 Å². The maximum absolute atomic E-state index is 12.4. The standard InChI is InChI=1S/C9H6BrFO2/c10-5-8(12)9(13)6-1-3-7(11)4-2-6/h1-4H,5H2. The molecule has 0 amide bonds. The maximum atomic E-state index is 12.4. The Kier molecular flexibility index (Phi) is 3.31. The van der Waals surface area contributed by atoms with Crippen molar-refractivity contribution in [3.8, 4) is 0 Å². The van der Waals surface area contributed by atoms with Gasteiger partial charge in [0.15, 0.2) is 0 Å². The van der Waals surface area contributed by atoms with Crippen LogP contribution in [0.3, 0.4) is 0 Å². The smallest absolute Gasteiger partial charge is 0.229 e. The lowest BCUT2D eigenvalue weighted by atomic mass is 10.1. The summed E-state index contributed by atoms with van der Waals surface area (Å²) in [6.07, 6.45) is 0. The molecular weight excluding hydrogens is 239 g/mol. The number of carbonyl (C=O) groups is 2. The minimum absolute atomic E-state index is 0.0107. The third-order valence-electron chi connectivity index (χ3n) is 1.48. The van der Waals surface area contributed by atoms with E-state index in [1.807, 2.05) is 0 Å². The Morgan fingerprint density at radius 1 is 1.23 bits per heavy atom. The zero-order valence-corrected chi connectivity index (χ0v) is 8.17. The molecule has 0 spiro atoms. The average Bonchev–Trinajstić information content (AvgIpc) is 2.17. The van der Waals surface area contributed by atoms with E-state index in [4.69, 9.17) is 0 Å². The summed E-state index contributed by atoms with van der Waals surface area (Å²) in [5.41, 5.74) is 0.214. The van der Waals surface area contributed by atoms with Crippen molar-refractivity contribution in [3.63, 3.8) is 0 Å². The lowest BCUT2D eigenvalue weighted by Gasteiger charge is -1.96. The van der Waals surface area contributed by atoms with Gasteiger partial charge in [0, 0.05) is 5.56 Å². The Balaban J connectivity index is 2.90. The third-order valence-corrected chi connectivity index (χ3v) is 1.99. The molecular formula is C9H6BrFO2. The van der Waals surface area contributed by atoms with Crippen molar-refractivity contribution in [1.82, 2.24) is 0 Å². The molecule has 0 unspecified atom stereocenters. The van der Waals surface area contributed by atoms with E-state index in [1.54, 1.807) is 0 Å². The van der Waals surface area contributed by atoms with Crippen LogP contribution in [0.25, 0.3) is 0 Å². The molecule has 0 aromatic heterocycles. The highest BCUT2D eigenvalue weighted by Gasteiger charge is 2.13. The molecule has 4 heteroatoms. The second kappa shape index (κ2) is 4.28. The zero-order chi connectivity index (χ0) is 9.84. The molecule has 0 aliphatic carbocycles. The van der Waals surface area contributed by atoms with Crippen LogP contribution in [0.5, 0.6) is 0 Å². The average molecular weight is 245 g/mol. The number of hydrogen-bond donors (Lipinski definition) is 0. The van der Waals surface area contributed by atoms with E-state index in [-0.39, 0.29) is 10.9 Å². The van der Waals surface area contributed by atoms with E-state index >= 15 is 0 Å². The molecule has 0 saturated carbocycles. The van der Waals surface area contributed by atoms with Crippen molar-refractivity contribution in [1.29, 1.82) is 0 Å². The molecule has 13 heavy (non-hydrogen) atoms. The van der Waals surface area contributed by atoms with Gasteiger partial charge in [-0.25, -0.2) is 4.39 Å². The highest BCUT2D eigenvalue weighted by atomic mass is 79.9. The minimum Gasteiger partial charge on any atom is -0.290 e. The summed E-state index contributed by atoms with van der Waals surface area (Å²) < 4.78 is 12.4. The van der Waals surface area contributed by atoms with Gasteiger partial charge in [-0.3, -0.25) is 9.59 Å². The van der Waals surface area contributed by atoms with Crippen LogP contribution in [-0.2, 0) is 4.79 Å². The summed E-state index contributed by atoms with van der Waals surface area (Å²) in [6.45, 7) is 0. The van der Waals surface area contributed by atoms with Gasteiger partial charge in [0.25, 0.3) is 0 Å². The highest BCUT2D eigenvalue weighted by molar-refractivity contribution is 9.09. The number of rotatable bonds is 3. The molecule has 68 valence electrons. The largest absolute Gasteiger partial charge is 0.290 e. The van der Waals surface area contributed by atoms with E-state index in [0.29, 0.717) is 0 Å². The van der Waals surface area contributed by atoms with Crippen LogP contribution in [0, 0.1) is 5.82 Å². The minimum atomic E-state index is -0.600. The van der Waals surface area contributed by atoms with Crippen LogP contribution in [0.2, 0.25) is 0 Å². The second-order valence-electron chi connectivity index (χ2n) is 2.39. The van der Waals surface area contributed by atoms with Crippen LogP contribution in [-0.4, -0.2) is 16.9 Å². The van der Waals surface area contributed by atoms with Crippen molar-refractivity contribution in [3.05, 3.63) is 35.6 Å². The van der Waals surface area contributed by atoms with Crippen LogP contribution in [0.1, 0.15) is 10.4 Å². The molecule has 1 aromatic rings. The molecule has 0 radical (unpaired) electrons. The Hall–Kier alpha value is -1.03. The first-order valence-electron chi connectivity index (χ1n) is 3.54. The van der Waals surface area contributed by atoms with Crippen molar-refractivity contribution >= 4 is 27.5 Å². The van der Waals surface area contributed by atoms with Gasteiger partial charge in [-0.1, -0.05) is 15.9 Å². The van der Waals surface area contributed by atoms with E-state index in [0.717, 1.165) is 12.1 Å². The molecule has 0 bridgehead atoms. The summed E-state index contributed by atoms with van der Waals surface area (Å²) in [5, 5.41) is -0.0107. The molecule has 0 N–H and O–H groups in total. The number of benzene rings is 1. The van der Waals surface area contributed by atoms with Crippen molar-refractivity contribution in [2.45, 2.75) is 0 Å². The molecule has 0 heterocycles. The predicted octanol–water partition coefficient (Wildman–Crippen LogP) is 1.97. The molecule has 1 rings (SSSR count). The van der Waals surface area contributed by atoms with Crippen molar-refractivity contribution in [2.75, 3.05) is 5.33 Å². The first-order valence-corrected chi connectivity index (χ1v) is 4.66. The summed E-state index contributed by atoms with van der Waals surface area (Å²) in [5.74, 6) is -1.56. The fourth-order valence-corrected chi connectivity index (χ4v) is 1.08. The van der Waals surface area contributed by atoms with E-state index in [1.165, 1.54) is 12.1 Å². The fourth-order valence-electron chi connectivity index (χ4n) is 0.823. The predicted molar refractivity (Wildman–Crippen MR) is 49.5 cm³/mol. The number of halogens is 2. The van der Waals surface area contributed by atoms with E-state index < -0.39 is 17.4 Å². The zero-order valence-electron chi connectivity index (χ0n) is 6.59. The molecule has 0 saturated heterocycles. The van der Waals surface area contributed by atoms with Gasteiger partial charge in [-0.05, 0) is 24.3 Å². The molecule has 0 aliphatic rings. The number of hydrogen-bond acceptors (Lipinski definition) is 2. The van der Waals surface area contributed by atoms with Gasteiger partial charge in [0.1, 0.15) is 5.82 Å². The summed E-state index contributed by atoms with van der Waals surface area (Å²) in [4.78, 5) is 22.1. The molecule has 0 aliphatic heterocycles. The fraction of sp³-hybridized carbons (Fsp3) is 0.111. The topological polar surface area (TPSA) is 34.1 Å². The van der Waals surface area contributed by atoms with Crippen LogP contribution in [0.15, 0.2) is 24.3 Å². The number of alkyl halides is 1. The van der Waals surface area contributed by atoms with E-state index in [9.17, 15) is 14.0 Å². The third kappa shape index (κ3) is 2.45. The second-order valence-corrected chi connectivity index (χ2v) is 2.95. The Morgan fingerprint density at radius 3 is 2.23 bits per heavy atom. The summed E-state index contributed by atoms with van der Waals surface area (Å²) >= 11 is 2.88. The van der Waals surface area contributed by atoms with Gasteiger partial charge in [0.2, 0.25) is 11.6 Å². The van der Waals surface area contributed by atoms with Crippen LogP contribution < -0.4 is 0 Å². The first-order chi connectivity index (χ1) is 6.15. The monoisotopic (exact) mass is 244 g/mol. The normalized spacial score (nSPS) is 9.69. The van der Waals surface area contributed by atoms with E-state index in [2.05, 4.69) is 15.9 Å². The molecule has 2 nitrogen and oxygen atoms in total. The van der Waals surface area contributed by atoms with Gasteiger partial charge in [0.05, 0.1) is 5.33 Å². The Morgan fingerprint density at radius 2 is 1.77 bits per heavy atom. The quantitative estimate of drug-likeness (QED) is 0.463. The Labute approximate surface area is 82.9 Å². The van der Waals surface area contributed by atoms with Gasteiger partial charge in [-0.2, -0.15) is 0 Å². The van der Waals surface area contributed by atoms with Gasteiger partial charge in [-0.15, -0.1) is 0 Å². The number of carbonyl (C=O) groups excluding carboxylic acids is 2. The summed E-state index contributed by atoms with van der Waals surface area (Å²) in [7, 11) is 0. The maximum Gasteiger partial charge on any atom is 0.229 e. The molecule has 0 fully saturated rings. The Bertz CT molecular complexity index is 332. The highest BCUT2D eigenvalue weighted by Crippen LogP contribution is 2.04. The molecule has 0 atom stereocenters. The van der Waals surface area contributed by atoms with Gasteiger partial charge < -0.3 is 0 Å². The van der Waals surface area contributed by atoms with Crippen molar-refractivity contribution < 1.29 is 14.0 Å². The first kappa shape index (κ1) is 10.1. The van der Waals surface area contributed by atoms with Crippen LogP contribution in [0.4, 0.5) is 4.39 Å². The van der Waals surface area contributed by atoms with Crippen LogP contribution >= 0.6 is 15.9 Å². The summed E-state index contributed by atoms with van der Waals surface area (Å²) in [6, 6.07) is 4.87. The number of Topliss-reactive ketones (excluding diaryl/α,β-unsaturated/α-hetero) is 2. The SMILES string of the molecule is O=C(CBr)C(=O)c1ccc(F)cc1. The number of ketones is 2. The lowest BCUT2D eigenvalue weighted by molar-refractivity contribution is -0.112. The molecule has 1 aromatic carbocycles.